The van der Waals surface area contributed by atoms with Crippen LogP contribution in [0.4, 0.5) is 10.1 Å². The minimum Gasteiger partial charge on any atom is -0.468 e. The maximum Gasteiger partial charge on any atom is 0.238 e. The quantitative estimate of drug-likeness (QED) is 0.707. The summed E-state index contributed by atoms with van der Waals surface area (Å²) in [7, 11) is 0. The first-order chi connectivity index (χ1) is 12.2. The predicted molar refractivity (Wildman–Crippen MR) is 94.3 cm³/mol. The minimum absolute atomic E-state index is 0.158. The first kappa shape index (κ1) is 16.9. The van der Waals surface area contributed by atoms with E-state index in [4.69, 9.17) is 4.42 Å². The molecule has 1 amide bonds. The fraction of sp³-hybridized carbons (Fsp3) is 0.150. The number of halogens is 1. The molecule has 1 N–H and O–H groups in total. The summed E-state index contributed by atoms with van der Waals surface area (Å²) >= 11 is 0. The third kappa shape index (κ3) is 5.29. The first-order valence-corrected chi connectivity index (χ1v) is 8.03. The van der Waals surface area contributed by atoms with Crippen LogP contribution in [0.15, 0.2) is 77.4 Å². The van der Waals surface area contributed by atoms with Crippen LogP contribution in [0.25, 0.3) is 0 Å². The lowest BCUT2D eigenvalue weighted by atomic mass is 10.2. The van der Waals surface area contributed by atoms with Gasteiger partial charge in [-0.15, -0.1) is 0 Å². The topological polar surface area (TPSA) is 45.5 Å². The minimum atomic E-state index is -0.332. The van der Waals surface area contributed by atoms with Gasteiger partial charge in [-0.1, -0.05) is 30.3 Å². The molecule has 2 aromatic carbocycles. The van der Waals surface area contributed by atoms with Crippen LogP contribution in [0.5, 0.6) is 0 Å². The van der Waals surface area contributed by atoms with E-state index in [-0.39, 0.29) is 18.3 Å². The molecule has 0 saturated carbocycles. The number of furan rings is 1. The second kappa shape index (κ2) is 8.26. The molecule has 1 aromatic heterocycles. The Balaban J connectivity index is 1.65. The maximum absolute atomic E-state index is 13.0. The van der Waals surface area contributed by atoms with Gasteiger partial charge in [-0.05, 0) is 42.0 Å². The molecule has 128 valence electrons. The molecule has 0 unspecified atom stereocenters. The van der Waals surface area contributed by atoms with Crippen LogP contribution >= 0.6 is 0 Å². The molecule has 0 aliphatic rings. The number of nitrogens with zero attached hydrogens (tertiary/aromatic N) is 1. The van der Waals surface area contributed by atoms with E-state index >= 15 is 0 Å². The van der Waals surface area contributed by atoms with Gasteiger partial charge < -0.3 is 9.73 Å². The number of hydrogen-bond donors (Lipinski definition) is 1. The predicted octanol–water partition coefficient (Wildman–Crippen LogP) is 4.06. The largest absolute Gasteiger partial charge is 0.468 e. The van der Waals surface area contributed by atoms with E-state index in [1.54, 1.807) is 18.4 Å². The number of carbonyl (C=O) groups excluding carboxylic acids is 1. The van der Waals surface area contributed by atoms with Gasteiger partial charge in [0.15, 0.2) is 0 Å². The first-order valence-electron chi connectivity index (χ1n) is 8.03. The van der Waals surface area contributed by atoms with Crippen LogP contribution < -0.4 is 5.32 Å². The Morgan fingerprint density at radius 3 is 2.40 bits per heavy atom. The van der Waals surface area contributed by atoms with Crippen LogP contribution in [-0.4, -0.2) is 17.4 Å². The van der Waals surface area contributed by atoms with Crippen LogP contribution in [0.2, 0.25) is 0 Å². The van der Waals surface area contributed by atoms with Gasteiger partial charge in [0.2, 0.25) is 5.91 Å². The number of hydrogen-bond acceptors (Lipinski definition) is 3. The average Bonchev–Trinajstić information content (AvgIpc) is 3.11. The molecule has 4 nitrogen and oxygen atoms in total. The number of rotatable bonds is 7. The highest BCUT2D eigenvalue weighted by Crippen LogP contribution is 2.12. The van der Waals surface area contributed by atoms with Gasteiger partial charge in [0.1, 0.15) is 11.6 Å². The van der Waals surface area contributed by atoms with Gasteiger partial charge in [-0.25, -0.2) is 4.39 Å². The highest BCUT2D eigenvalue weighted by atomic mass is 19.1. The van der Waals surface area contributed by atoms with E-state index in [0.29, 0.717) is 18.8 Å². The summed E-state index contributed by atoms with van der Waals surface area (Å²) in [6, 6.07) is 19.4. The summed E-state index contributed by atoms with van der Waals surface area (Å²) in [4.78, 5) is 14.3. The summed E-state index contributed by atoms with van der Waals surface area (Å²) in [5, 5.41) is 2.79. The van der Waals surface area contributed by atoms with Crippen LogP contribution in [0, 0.1) is 5.82 Å². The van der Waals surface area contributed by atoms with Gasteiger partial charge in [0.05, 0.1) is 19.4 Å². The molecule has 25 heavy (non-hydrogen) atoms. The number of benzene rings is 2. The summed E-state index contributed by atoms with van der Waals surface area (Å²) in [6.45, 7) is 1.35. The maximum atomic E-state index is 13.0. The smallest absolute Gasteiger partial charge is 0.238 e. The van der Waals surface area contributed by atoms with Crippen molar-refractivity contribution in [3.63, 3.8) is 0 Å². The van der Waals surface area contributed by atoms with E-state index in [1.807, 2.05) is 47.4 Å². The fourth-order valence-electron chi connectivity index (χ4n) is 2.57. The van der Waals surface area contributed by atoms with Crippen molar-refractivity contribution in [2.45, 2.75) is 13.1 Å². The fourth-order valence-corrected chi connectivity index (χ4v) is 2.57. The zero-order valence-electron chi connectivity index (χ0n) is 13.7. The number of carbonyl (C=O) groups is 1. The third-order valence-corrected chi connectivity index (χ3v) is 3.70. The Morgan fingerprint density at radius 2 is 1.72 bits per heavy atom. The van der Waals surface area contributed by atoms with Crippen molar-refractivity contribution >= 4 is 11.6 Å². The lowest BCUT2D eigenvalue weighted by Crippen LogP contribution is -2.32. The van der Waals surface area contributed by atoms with Crippen molar-refractivity contribution in [2.75, 3.05) is 11.9 Å². The molecule has 0 aliphatic carbocycles. The van der Waals surface area contributed by atoms with Crippen molar-refractivity contribution in [2.24, 2.45) is 0 Å². The van der Waals surface area contributed by atoms with Gasteiger partial charge in [-0.2, -0.15) is 0 Å². The molecule has 5 heteroatoms. The van der Waals surface area contributed by atoms with Crippen molar-refractivity contribution in [3.8, 4) is 0 Å². The number of anilines is 1. The summed E-state index contributed by atoms with van der Waals surface area (Å²) in [5.41, 5.74) is 1.69. The van der Waals surface area contributed by atoms with Crippen molar-refractivity contribution in [1.82, 2.24) is 4.90 Å². The van der Waals surface area contributed by atoms with Crippen LogP contribution in [-0.2, 0) is 17.9 Å². The Bertz CT molecular complexity index is 786. The summed E-state index contributed by atoms with van der Waals surface area (Å²) in [6.07, 6.45) is 1.62. The highest BCUT2D eigenvalue weighted by Gasteiger charge is 2.13. The monoisotopic (exact) mass is 338 g/mol. The van der Waals surface area contributed by atoms with Gasteiger partial charge in [-0.3, -0.25) is 9.69 Å². The molecular weight excluding hydrogens is 319 g/mol. The SMILES string of the molecule is O=C(CN(Cc1ccccc1)Cc1ccco1)Nc1ccc(F)cc1. The van der Waals surface area contributed by atoms with Crippen LogP contribution in [0.1, 0.15) is 11.3 Å². The molecule has 3 rings (SSSR count). The molecule has 1 heterocycles. The Kier molecular flexibility index (Phi) is 5.59. The third-order valence-electron chi connectivity index (χ3n) is 3.70. The van der Waals surface area contributed by atoms with Crippen molar-refractivity contribution in [3.05, 3.63) is 90.1 Å². The number of nitrogens with one attached hydrogen (secondary N) is 1. The second-order valence-corrected chi connectivity index (χ2v) is 5.77. The molecule has 0 aliphatic heterocycles. The van der Waals surface area contributed by atoms with E-state index in [2.05, 4.69) is 5.32 Å². The molecule has 0 bridgehead atoms. The average molecular weight is 338 g/mol. The highest BCUT2D eigenvalue weighted by molar-refractivity contribution is 5.92. The molecule has 3 aromatic rings. The molecule has 0 spiro atoms. The normalized spacial score (nSPS) is 10.8. The molecule has 0 atom stereocenters. The Morgan fingerprint density at radius 1 is 0.960 bits per heavy atom. The molecule has 0 saturated heterocycles. The van der Waals surface area contributed by atoms with Crippen molar-refractivity contribution in [1.29, 1.82) is 0 Å². The van der Waals surface area contributed by atoms with E-state index in [9.17, 15) is 9.18 Å². The van der Waals surface area contributed by atoms with Gasteiger partial charge in [0.25, 0.3) is 0 Å². The zero-order valence-corrected chi connectivity index (χ0v) is 13.7. The van der Waals surface area contributed by atoms with Gasteiger partial charge >= 0.3 is 0 Å². The Hall–Kier alpha value is -2.92. The standard InChI is InChI=1S/C20H19FN2O2/c21-17-8-10-18(11-9-17)22-20(24)15-23(14-19-7-4-12-25-19)13-16-5-2-1-3-6-16/h1-12H,13-15H2,(H,22,24). The molecule has 0 radical (unpaired) electrons. The zero-order chi connectivity index (χ0) is 17.5. The second-order valence-electron chi connectivity index (χ2n) is 5.77. The van der Waals surface area contributed by atoms with E-state index in [1.165, 1.54) is 12.1 Å². The lowest BCUT2D eigenvalue weighted by molar-refractivity contribution is -0.117. The summed E-state index contributed by atoms with van der Waals surface area (Å²) < 4.78 is 18.4. The van der Waals surface area contributed by atoms with E-state index in [0.717, 1.165) is 11.3 Å². The van der Waals surface area contributed by atoms with Crippen LogP contribution in [0.3, 0.4) is 0 Å². The summed E-state index contributed by atoms with van der Waals surface area (Å²) in [5.74, 6) is 0.307. The Labute approximate surface area is 145 Å². The van der Waals surface area contributed by atoms with E-state index < -0.39 is 0 Å². The van der Waals surface area contributed by atoms with Crippen molar-refractivity contribution < 1.29 is 13.6 Å². The molecule has 0 fully saturated rings. The molecular formula is C20H19FN2O2. The van der Waals surface area contributed by atoms with Gasteiger partial charge in [0, 0.05) is 12.2 Å². The number of amides is 1. The lowest BCUT2D eigenvalue weighted by Gasteiger charge is -2.21.